The van der Waals surface area contributed by atoms with Crippen LogP contribution in [-0.2, 0) is 16.0 Å². The fourth-order valence-corrected chi connectivity index (χ4v) is 4.06. The highest BCUT2D eigenvalue weighted by Gasteiger charge is 2.29. The van der Waals surface area contributed by atoms with E-state index < -0.39 is 0 Å². The molecule has 1 saturated heterocycles. The lowest BCUT2D eigenvalue weighted by molar-refractivity contribution is -0.139. The number of carbonyl (C=O) groups is 2. The van der Waals surface area contributed by atoms with E-state index in [1.807, 2.05) is 33.7 Å². The summed E-state index contributed by atoms with van der Waals surface area (Å²) in [6, 6.07) is 1.94. The molecule has 3 heterocycles. The Hall–Kier alpha value is -2.22. The van der Waals surface area contributed by atoms with Gasteiger partial charge in [0.1, 0.15) is 0 Å². The minimum absolute atomic E-state index is 0.0371. The molecule has 1 fully saturated rings. The summed E-state index contributed by atoms with van der Waals surface area (Å²) >= 11 is 1.58. The maximum absolute atomic E-state index is 12.5. The van der Waals surface area contributed by atoms with Crippen LogP contribution in [0.4, 0.5) is 0 Å². The van der Waals surface area contributed by atoms with Crippen LogP contribution in [0.3, 0.4) is 0 Å². The molecule has 3 rings (SSSR count). The fraction of sp³-hybridized carbons (Fsp3) is 0.600. The van der Waals surface area contributed by atoms with Gasteiger partial charge in [0.25, 0.3) is 0 Å². The van der Waals surface area contributed by atoms with E-state index in [1.54, 1.807) is 11.3 Å². The van der Waals surface area contributed by atoms with E-state index >= 15 is 0 Å². The maximum Gasteiger partial charge on any atom is 0.227 e. The number of rotatable bonds is 8. The van der Waals surface area contributed by atoms with Gasteiger partial charge in [-0.3, -0.25) is 9.59 Å². The van der Waals surface area contributed by atoms with Gasteiger partial charge < -0.3 is 14.3 Å². The highest BCUT2D eigenvalue weighted by molar-refractivity contribution is 7.08. The molecule has 0 N–H and O–H groups in total. The van der Waals surface area contributed by atoms with Crippen LogP contribution in [-0.4, -0.2) is 58.4 Å². The van der Waals surface area contributed by atoms with Crippen LogP contribution in [0.15, 0.2) is 21.3 Å². The van der Waals surface area contributed by atoms with Gasteiger partial charge in [-0.15, -0.1) is 0 Å². The average molecular weight is 405 g/mol. The van der Waals surface area contributed by atoms with Crippen molar-refractivity contribution in [1.29, 1.82) is 0 Å². The molecule has 7 nitrogen and oxygen atoms in total. The molecule has 2 aromatic heterocycles. The van der Waals surface area contributed by atoms with Crippen molar-refractivity contribution in [2.24, 2.45) is 5.92 Å². The first-order valence-electron chi connectivity index (χ1n) is 9.96. The van der Waals surface area contributed by atoms with E-state index in [2.05, 4.69) is 17.1 Å². The van der Waals surface area contributed by atoms with E-state index in [0.29, 0.717) is 37.6 Å². The molecule has 1 aliphatic heterocycles. The topological polar surface area (TPSA) is 79.5 Å². The first kappa shape index (κ1) is 20.5. The van der Waals surface area contributed by atoms with Crippen LogP contribution >= 0.6 is 11.3 Å². The summed E-state index contributed by atoms with van der Waals surface area (Å²) in [5.74, 6) is 1.38. The molecule has 0 aromatic carbocycles. The molecule has 0 spiro atoms. The monoisotopic (exact) mass is 404 g/mol. The quantitative estimate of drug-likeness (QED) is 0.675. The van der Waals surface area contributed by atoms with E-state index in [0.717, 1.165) is 37.8 Å². The number of nitrogens with zero attached hydrogens (tertiary/aromatic N) is 4. The van der Waals surface area contributed by atoms with E-state index in [-0.39, 0.29) is 17.7 Å². The molecule has 0 bridgehead atoms. The number of piperidine rings is 1. The Bertz CT molecular complexity index is 766. The Morgan fingerprint density at radius 3 is 2.82 bits per heavy atom. The summed E-state index contributed by atoms with van der Waals surface area (Å²) in [5, 5.41) is 7.90. The van der Waals surface area contributed by atoms with Crippen molar-refractivity contribution in [1.82, 2.24) is 19.9 Å². The van der Waals surface area contributed by atoms with Gasteiger partial charge in [-0.05, 0) is 30.7 Å². The second-order valence-corrected chi connectivity index (χ2v) is 8.07. The highest BCUT2D eigenvalue weighted by atomic mass is 32.1. The zero-order valence-electron chi connectivity index (χ0n) is 16.6. The molecule has 0 radical (unpaired) electrons. The number of unbranched alkanes of at least 4 members (excludes halogenated alkanes) is 1. The van der Waals surface area contributed by atoms with Gasteiger partial charge in [0, 0.05) is 56.4 Å². The Morgan fingerprint density at radius 2 is 2.14 bits per heavy atom. The molecule has 0 saturated carbocycles. The van der Waals surface area contributed by atoms with Gasteiger partial charge in [-0.2, -0.15) is 16.3 Å². The molecule has 0 atom stereocenters. The first-order chi connectivity index (χ1) is 13.6. The summed E-state index contributed by atoms with van der Waals surface area (Å²) in [4.78, 5) is 33.0. The largest absolute Gasteiger partial charge is 0.346 e. The number of likely N-dealkylation sites (tertiary alicyclic amines) is 1. The summed E-state index contributed by atoms with van der Waals surface area (Å²) in [6.07, 6.45) is 4.38. The Kier molecular flexibility index (Phi) is 7.19. The number of hydrogen-bond acceptors (Lipinski definition) is 6. The second-order valence-electron chi connectivity index (χ2n) is 7.29. The summed E-state index contributed by atoms with van der Waals surface area (Å²) in [7, 11) is 1.88. The molecule has 28 heavy (non-hydrogen) atoms. The molecule has 8 heteroatoms. The highest BCUT2D eigenvalue weighted by Crippen LogP contribution is 2.21. The fourth-order valence-electron chi connectivity index (χ4n) is 3.43. The van der Waals surface area contributed by atoms with Gasteiger partial charge in [-0.25, -0.2) is 0 Å². The predicted octanol–water partition coefficient (Wildman–Crippen LogP) is 3.23. The van der Waals surface area contributed by atoms with Crippen LogP contribution in [0.5, 0.6) is 0 Å². The molecule has 152 valence electrons. The summed E-state index contributed by atoms with van der Waals surface area (Å²) in [5.41, 5.74) is 0.932. The minimum atomic E-state index is 0.0371. The van der Waals surface area contributed by atoms with Crippen molar-refractivity contribution in [3.05, 3.63) is 22.7 Å². The van der Waals surface area contributed by atoms with Crippen LogP contribution in [0, 0.1) is 5.92 Å². The Balaban J connectivity index is 1.42. The first-order valence-corrected chi connectivity index (χ1v) is 10.9. The molecular weight excluding hydrogens is 376 g/mol. The molecule has 0 aliphatic carbocycles. The lowest BCUT2D eigenvalue weighted by atomic mass is 9.95. The molecular formula is C20H28N4O3S. The SMILES string of the molecule is CCCCN(C)C(=O)C1CCN(C(=O)CCc2nc(-c3ccsc3)no2)CC1. The smallest absolute Gasteiger partial charge is 0.227 e. The molecule has 2 amide bonds. The lowest BCUT2D eigenvalue weighted by Gasteiger charge is -2.33. The zero-order valence-corrected chi connectivity index (χ0v) is 17.4. The second kappa shape index (κ2) is 9.82. The maximum atomic E-state index is 12.5. The minimum Gasteiger partial charge on any atom is -0.346 e. The number of amides is 2. The van der Waals surface area contributed by atoms with Crippen LogP contribution in [0.2, 0.25) is 0 Å². The standard InChI is InChI=1S/C20H28N4O3S/c1-3-4-10-23(2)20(26)15-7-11-24(12-8-15)18(25)6-5-17-21-19(22-27-17)16-9-13-28-14-16/h9,13-15H,3-8,10-12H2,1-2H3. The lowest BCUT2D eigenvalue weighted by Crippen LogP contribution is -2.43. The van der Waals surface area contributed by atoms with Crippen LogP contribution < -0.4 is 0 Å². The number of aromatic nitrogens is 2. The van der Waals surface area contributed by atoms with Crippen molar-refractivity contribution in [2.75, 3.05) is 26.7 Å². The van der Waals surface area contributed by atoms with Crippen molar-refractivity contribution >= 4 is 23.2 Å². The predicted molar refractivity (Wildman–Crippen MR) is 108 cm³/mol. The third-order valence-electron chi connectivity index (χ3n) is 5.22. The van der Waals surface area contributed by atoms with Crippen molar-refractivity contribution < 1.29 is 14.1 Å². The van der Waals surface area contributed by atoms with Gasteiger partial charge >= 0.3 is 0 Å². The van der Waals surface area contributed by atoms with Gasteiger partial charge in [0.05, 0.1) is 0 Å². The normalized spacial score (nSPS) is 15.0. The van der Waals surface area contributed by atoms with Crippen molar-refractivity contribution in [3.8, 4) is 11.4 Å². The van der Waals surface area contributed by atoms with E-state index in [9.17, 15) is 9.59 Å². The van der Waals surface area contributed by atoms with Crippen molar-refractivity contribution in [2.45, 2.75) is 45.4 Å². The molecule has 2 aromatic rings. The van der Waals surface area contributed by atoms with E-state index in [1.165, 1.54) is 0 Å². The van der Waals surface area contributed by atoms with Crippen LogP contribution in [0.1, 0.15) is 44.9 Å². The average Bonchev–Trinajstić information content (AvgIpc) is 3.41. The number of aryl methyl sites for hydroxylation is 1. The van der Waals surface area contributed by atoms with Crippen LogP contribution in [0.25, 0.3) is 11.4 Å². The number of hydrogen-bond donors (Lipinski definition) is 0. The zero-order chi connectivity index (χ0) is 19.9. The van der Waals surface area contributed by atoms with Gasteiger partial charge in [0.15, 0.2) is 0 Å². The third kappa shape index (κ3) is 5.19. The van der Waals surface area contributed by atoms with Gasteiger partial charge in [0.2, 0.25) is 23.5 Å². The van der Waals surface area contributed by atoms with Crippen molar-refractivity contribution in [3.63, 3.8) is 0 Å². The van der Waals surface area contributed by atoms with E-state index in [4.69, 9.17) is 4.52 Å². The molecule has 0 unspecified atom stereocenters. The summed E-state index contributed by atoms with van der Waals surface area (Å²) in [6.45, 7) is 4.22. The molecule has 1 aliphatic rings. The number of carbonyl (C=O) groups excluding carboxylic acids is 2. The Labute approximate surface area is 169 Å². The Morgan fingerprint density at radius 1 is 1.36 bits per heavy atom. The number of thiophene rings is 1. The third-order valence-corrected chi connectivity index (χ3v) is 5.90. The van der Waals surface area contributed by atoms with Gasteiger partial charge in [-0.1, -0.05) is 18.5 Å². The summed E-state index contributed by atoms with van der Waals surface area (Å²) < 4.78 is 5.26.